The molecule has 9 nitrogen and oxygen atoms in total. The lowest BCUT2D eigenvalue weighted by Crippen LogP contribution is -2.40. The van der Waals surface area contributed by atoms with Gasteiger partial charge in [-0.25, -0.2) is 18.1 Å². The quantitative estimate of drug-likeness (QED) is 0.291. The monoisotopic (exact) mass is 568 g/mol. The molecular weight excluding hydrogens is 536 g/mol. The van der Waals surface area contributed by atoms with Gasteiger partial charge in [0.1, 0.15) is 11.5 Å². The van der Waals surface area contributed by atoms with Crippen molar-refractivity contribution in [2.24, 2.45) is 16.0 Å². The number of ether oxygens (including phenoxy) is 3. The summed E-state index contributed by atoms with van der Waals surface area (Å²) < 4.78 is 45.7. The van der Waals surface area contributed by atoms with Crippen LogP contribution in [0.15, 0.2) is 75.0 Å². The SMILES string of the molecule is COc1ccc(OC)c(-c2csc(=Nc3ccc(S(=O)(=O)N4CCOCC4)cc3)n2N=CC2CC=CCC2)c1. The standard InChI is InChI=1S/C28H32N4O5S2/c1-35-23-10-13-27(36-2)25(18-23)26-20-38-28(32(26)29-19-21-6-4-3-5-7-21)30-22-8-11-24(12-9-22)39(33,34)31-14-16-37-17-15-31/h3-4,8-13,18-21H,5-7,14-17H2,1-2H3. The van der Waals surface area contributed by atoms with E-state index in [1.807, 2.05) is 34.5 Å². The highest BCUT2D eigenvalue weighted by atomic mass is 32.2. The fourth-order valence-electron chi connectivity index (χ4n) is 4.54. The number of nitrogens with zero attached hydrogens (tertiary/aromatic N) is 4. The second-order valence-corrected chi connectivity index (χ2v) is 12.0. The Morgan fingerprint density at radius 1 is 1.05 bits per heavy atom. The number of allylic oxidation sites excluding steroid dienone is 2. The molecule has 1 unspecified atom stereocenters. The second kappa shape index (κ2) is 12.3. The maximum atomic E-state index is 13.0. The Hall–Kier alpha value is -3.25. The van der Waals surface area contributed by atoms with Gasteiger partial charge in [0.05, 0.1) is 43.7 Å². The van der Waals surface area contributed by atoms with Crippen molar-refractivity contribution in [2.75, 3.05) is 40.5 Å². The first-order valence-electron chi connectivity index (χ1n) is 12.8. The Morgan fingerprint density at radius 3 is 2.54 bits per heavy atom. The Labute approximate surface area is 232 Å². The third-order valence-electron chi connectivity index (χ3n) is 6.74. The maximum absolute atomic E-state index is 13.0. The Morgan fingerprint density at radius 2 is 1.85 bits per heavy atom. The molecule has 2 heterocycles. The summed E-state index contributed by atoms with van der Waals surface area (Å²) in [4.78, 5) is 5.74. The molecular formula is C28H32N4O5S2. The maximum Gasteiger partial charge on any atom is 0.243 e. The van der Waals surface area contributed by atoms with Gasteiger partial charge in [-0.05, 0) is 67.6 Å². The van der Waals surface area contributed by atoms with Crippen LogP contribution in [0.2, 0.25) is 0 Å². The van der Waals surface area contributed by atoms with Crippen molar-refractivity contribution >= 4 is 33.3 Å². The molecule has 206 valence electrons. The molecule has 0 bridgehead atoms. The first-order chi connectivity index (χ1) is 19.0. The molecule has 5 rings (SSSR count). The Balaban J connectivity index is 1.53. The number of aromatic nitrogens is 1. The van der Waals surface area contributed by atoms with Crippen molar-refractivity contribution in [3.63, 3.8) is 0 Å². The summed E-state index contributed by atoms with van der Waals surface area (Å²) in [6.07, 6.45) is 9.44. The fourth-order valence-corrected chi connectivity index (χ4v) is 6.80. The van der Waals surface area contributed by atoms with Crippen LogP contribution in [0.1, 0.15) is 19.3 Å². The molecule has 1 saturated heterocycles. The number of hydrogen-bond acceptors (Lipinski definition) is 8. The molecule has 3 aromatic rings. The van der Waals surface area contributed by atoms with Crippen molar-refractivity contribution < 1.29 is 22.6 Å². The van der Waals surface area contributed by atoms with Gasteiger partial charge in [-0.15, -0.1) is 11.3 Å². The third-order valence-corrected chi connectivity index (χ3v) is 9.47. The van der Waals surface area contributed by atoms with Crippen LogP contribution in [0.5, 0.6) is 11.5 Å². The van der Waals surface area contributed by atoms with Crippen LogP contribution >= 0.6 is 11.3 Å². The van der Waals surface area contributed by atoms with Gasteiger partial charge < -0.3 is 14.2 Å². The molecule has 11 heteroatoms. The topological polar surface area (TPSA) is 94.7 Å². The first-order valence-corrected chi connectivity index (χ1v) is 15.2. The van der Waals surface area contributed by atoms with Crippen LogP contribution in [-0.2, 0) is 14.8 Å². The van der Waals surface area contributed by atoms with E-state index in [1.54, 1.807) is 38.5 Å². The predicted molar refractivity (Wildman–Crippen MR) is 152 cm³/mol. The molecule has 1 fully saturated rings. The molecule has 2 aromatic carbocycles. The predicted octanol–water partition coefficient (Wildman–Crippen LogP) is 4.68. The summed E-state index contributed by atoms with van der Waals surface area (Å²) in [5, 5.41) is 6.87. The van der Waals surface area contributed by atoms with Crippen molar-refractivity contribution in [2.45, 2.75) is 24.2 Å². The molecule has 2 aliphatic rings. The van der Waals surface area contributed by atoms with E-state index in [4.69, 9.17) is 24.3 Å². The molecule has 0 spiro atoms. The summed E-state index contributed by atoms with van der Waals surface area (Å²) in [6, 6.07) is 12.3. The zero-order valence-corrected chi connectivity index (χ0v) is 23.7. The summed E-state index contributed by atoms with van der Waals surface area (Å²) in [5.41, 5.74) is 2.29. The Bertz CT molecular complexity index is 1520. The largest absolute Gasteiger partial charge is 0.497 e. The zero-order chi connectivity index (χ0) is 27.2. The van der Waals surface area contributed by atoms with Gasteiger partial charge in [0.15, 0.2) is 0 Å². The summed E-state index contributed by atoms with van der Waals surface area (Å²) in [6.45, 7) is 1.52. The average Bonchev–Trinajstić information content (AvgIpc) is 3.38. The highest BCUT2D eigenvalue weighted by Crippen LogP contribution is 2.34. The molecule has 1 aliphatic carbocycles. The van der Waals surface area contributed by atoms with E-state index in [2.05, 4.69) is 12.2 Å². The van der Waals surface area contributed by atoms with Gasteiger partial charge >= 0.3 is 0 Å². The minimum atomic E-state index is -3.57. The lowest BCUT2D eigenvalue weighted by Gasteiger charge is -2.26. The number of methoxy groups -OCH3 is 2. The van der Waals surface area contributed by atoms with Crippen molar-refractivity contribution in [3.8, 4) is 22.8 Å². The van der Waals surface area contributed by atoms with Gasteiger partial charge in [-0.3, -0.25) is 0 Å². The average molecular weight is 569 g/mol. The van der Waals surface area contributed by atoms with E-state index in [-0.39, 0.29) is 4.90 Å². The molecule has 1 aliphatic heterocycles. The smallest absolute Gasteiger partial charge is 0.243 e. The van der Waals surface area contributed by atoms with E-state index < -0.39 is 10.0 Å². The number of benzene rings is 2. The molecule has 0 saturated carbocycles. The van der Waals surface area contributed by atoms with Crippen LogP contribution in [0, 0.1) is 5.92 Å². The van der Waals surface area contributed by atoms with Crippen molar-refractivity contribution in [1.29, 1.82) is 0 Å². The number of hydrogen-bond donors (Lipinski definition) is 0. The van der Waals surface area contributed by atoms with Gasteiger partial charge in [-0.1, -0.05) is 12.2 Å². The number of morpholine rings is 1. The number of sulfonamides is 1. The van der Waals surface area contributed by atoms with E-state index in [0.29, 0.717) is 54.2 Å². The molecule has 39 heavy (non-hydrogen) atoms. The van der Waals surface area contributed by atoms with E-state index >= 15 is 0 Å². The number of rotatable bonds is 8. The van der Waals surface area contributed by atoms with Crippen LogP contribution in [-0.4, -0.2) is 64.1 Å². The van der Waals surface area contributed by atoms with Gasteiger partial charge in [-0.2, -0.15) is 9.41 Å². The highest BCUT2D eigenvalue weighted by Gasteiger charge is 2.26. The number of thiazole rings is 1. The van der Waals surface area contributed by atoms with Crippen LogP contribution in [0.3, 0.4) is 0 Å². The van der Waals surface area contributed by atoms with E-state index in [1.165, 1.54) is 15.6 Å². The van der Waals surface area contributed by atoms with Gasteiger partial charge in [0.2, 0.25) is 14.8 Å². The normalized spacial score (nSPS) is 19.0. The van der Waals surface area contributed by atoms with E-state index in [0.717, 1.165) is 30.5 Å². The minimum absolute atomic E-state index is 0.243. The van der Waals surface area contributed by atoms with Crippen LogP contribution < -0.4 is 14.3 Å². The van der Waals surface area contributed by atoms with Gasteiger partial charge in [0.25, 0.3) is 0 Å². The fraction of sp³-hybridized carbons (Fsp3) is 0.357. The lowest BCUT2D eigenvalue weighted by atomic mass is 9.96. The van der Waals surface area contributed by atoms with Crippen LogP contribution in [0.4, 0.5) is 5.69 Å². The Kier molecular flexibility index (Phi) is 8.61. The van der Waals surface area contributed by atoms with Gasteiger partial charge in [0, 0.05) is 30.2 Å². The third kappa shape index (κ3) is 6.17. The zero-order valence-electron chi connectivity index (χ0n) is 22.0. The summed E-state index contributed by atoms with van der Waals surface area (Å²) in [5.74, 6) is 1.75. The van der Waals surface area contributed by atoms with Crippen LogP contribution in [0.25, 0.3) is 11.3 Å². The van der Waals surface area contributed by atoms with E-state index in [9.17, 15) is 8.42 Å². The molecule has 1 atom stereocenters. The highest BCUT2D eigenvalue weighted by molar-refractivity contribution is 7.89. The minimum Gasteiger partial charge on any atom is -0.497 e. The molecule has 0 N–H and O–H groups in total. The summed E-state index contributed by atoms with van der Waals surface area (Å²) in [7, 11) is -0.306. The lowest BCUT2D eigenvalue weighted by molar-refractivity contribution is 0.0730. The second-order valence-electron chi connectivity index (χ2n) is 9.21. The first kappa shape index (κ1) is 27.3. The summed E-state index contributed by atoms with van der Waals surface area (Å²) >= 11 is 1.45. The molecule has 1 aromatic heterocycles. The molecule has 0 radical (unpaired) electrons. The van der Waals surface area contributed by atoms with Crippen molar-refractivity contribution in [1.82, 2.24) is 8.98 Å². The molecule has 0 amide bonds. The van der Waals surface area contributed by atoms with Crippen molar-refractivity contribution in [3.05, 3.63) is 64.8 Å².